The van der Waals surface area contributed by atoms with Crippen molar-refractivity contribution in [2.24, 2.45) is 11.8 Å². The van der Waals surface area contributed by atoms with Crippen molar-refractivity contribution in [2.75, 3.05) is 13.2 Å². The molecule has 0 heterocycles. The van der Waals surface area contributed by atoms with Crippen LogP contribution in [0.2, 0.25) is 5.02 Å². The zero-order chi connectivity index (χ0) is 23.8. The van der Waals surface area contributed by atoms with E-state index < -0.39 is 0 Å². The van der Waals surface area contributed by atoms with Crippen LogP contribution in [0.15, 0.2) is 43.0 Å². The zero-order valence-electron chi connectivity index (χ0n) is 19.6. The van der Waals surface area contributed by atoms with Gasteiger partial charge in [0.2, 0.25) is 0 Å². The van der Waals surface area contributed by atoms with Gasteiger partial charge in [-0.3, -0.25) is 9.59 Å². The molecular formula is C26H37ClO5. The van der Waals surface area contributed by atoms with Gasteiger partial charge in [-0.1, -0.05) is 49.8 Å². The molecule has 0 aromatic heterocycles. The van der Waals surface area contributed by atoms with Crippen LogP contribution >= 0.6 is 11.6 Å². The Bertz CT molecular complexity index is 744. The second-order valence-electron chi connectivity index (χ2n) is 8.10. The van der Waals surface area contributed by atoms with Crippen LogP contribution < -0.4 is 4.74 Å². The molecule has 0 spiro atoms. The molecule has 6 heteroatoms. The van der Waals surface area contributed by atoms with Crippen LogP contribution in [-0.4, -0.2) is 25.2 Å². The van der Waals surface area contributed by atoms with Gasteiger partial charge in [0.15, 0.2) is 0 Å². The lowest BCUT2D eigenvalue weighted by molar-refractivity contribution is -0.143. The summed E-state index contributed by atoms with van der Waals surface area (Å²) in [6.45, 7) is 10.4. The number of esters is 2. The van der Waals surface area contributed by atoms with Gasteiger partial charge in [0.1, 0.15) is 19.0 Å². The number of ether oxygens (including phenoxy) is 3. The summed E-state index contributed by atoms with van der Waals surface area (Å²) in [5.74, 6) is 1.76. The molecule has 1 aliphatic carbocycles. The maximum Gasteiger partial charge on any atom is 0.306 e. The number of allylic oxidation sites excluding steroid dienone is 2. The van der Waals surface area contributed by atoms with Crippen molar-refractivity contribution in [3.63, 3.8) is 0 Å². The minimum atomic E-state index is -0.299. The number of hydrogen-bond acceptors (Lipinski definition) is 5. The monoisotopic (exact) mass is 464 g/mol. The quantitative estimate of drug-likeness (QED) is 0.207. The van der Waals surface area contributed by atoms with Gasteiger partial charge >= 0.3 is 11.9 Å². The third-order valence-corrected chi connectivity index (χ3v) is 5.23. The highest BCUT2D eigenvalue weighted by Gasteiger charge is 2.21. The summed E-state index contributed by atoms with van der Waals surface area (Å²) in [5.41, 5.74) is 0.850. The maximum atomic E-state index is 10.9. The van der Waals surface area contributed by atoms with Crippen molar-refractivity contribution in [1.82, 2.24) is 0 Å². The molecule has 1 aliphatic rings. The Kier molecular flexibility index (Phi) is 14.2. The molecule has 32 heavy (non-hydrogen) atoms. The first-order valence-corrected chi connectivity index (χ1v) is 11.6. The van der Waals surface area contributed by atoms with Crippen molar-refractivity contribution in [3.8, 4) is 5.75 Å². The van der Waals surface area contributed by atoms with E-state index in [4.69, 9.17) is 25.8 Å². The SMILES string of the molecule is C=CCOC(=O)CCC/C=C\C.CC(=O)OCc1cc(Cl)cc(OCC2CCC(C)C2)c1. The van der Waals surface area contributed by atoms with E-state index >= 15 is 0 Å². The Labute approximate surface area is 197 Å². The zero-order valence-corrected chi connectivity index (χ0v) is 20.4. The average molecular weight is 465 g/mol. The molecule has 0 aliphatic heterocycles. The Morgan fingerprint density at radius 1 is 1.22 bits per heavy atom. The van der Waals surface area contributed by atoms with Crippen LogP contribution in [0.25, 0.3) is 0 Å². The summed E-state index contributed by atoms with van der Waals surface area (Å²) in [5, 5.41) is 0.601. The fourth-order valence-corrected chi connectivity index (χ4v) is 3.67. The van der Waals surface area contributed by atoms with Gasteiger partial charge in [-0.05, 0) is 68.2 Å². The van der Waals surface area contributed by atoms with Crippen LogP contribution in [0.3, 0.4) is 0 Å². The van der Waals surface area contributed by atoms with E-state index in [0.717, 1.165) is 36.7 Å². The van der Waals surface area contributed by atoms with Crippen LogP contribution in [0.1, 0.15) is 64.9 Å². The van der Waals surface area contributed by atoms with Crippen molar-refractivity contribution < 1.29 is 23.8 Å². The second-order valence-corrected chi connectivity index (χ2v) is 8.54. The van der Waals surface area contributed by atoms with Gasteiger partial charge in [-0.2, -0.15) is 0 Å². The average Bonchev–Trinajstić information content (AvgIpc) is 3.17. The molecule has 0 N–H and O–H groups in total. The van der Waals surface area contributed by atoms with Crippen molar-refractivity contribution in [2.45, 2.75) is 65.9 Å². The predicted molar refractivity (Wildman–Crippen MR) is 129 cm³/mol. The summed E-state index contributed by atoms with van der Waals surface area (Å²) in [7, 11) is 0. The van der Waals surface area contributed by atoms with Gasteiger partial charge in [0.25, 0.3) is 0 Å². The largest absolute Gasteiger partial charge is 0.493 e. The summed E-state index contributed by atoms with van der Waals surface area (Å²) >= 11 is 6.06. The molecule has 0 amide bonds. The number of rotatable bonds is 11. The molecular weight excluding hydrogens is 428 g/mol. The Balaban J connectivity index is 0.000000368. The first-order chi connectivity index (χ1) is 15.3. The predicted octanol–water partition coefficient (Wildman–Crippen LogP) is 6.68. The Morgan fingerprint density at radius 2 is 2.00 bits per heavy atom. The molecule has 1 fully saturated rings. The number of benzene rings is 1. The second kappa shape index (κ2) is 16.4. The Hall–Kier alpha value is -2.27. The van der Waals surface area contributed by atoms with E-state index in [0.29, 0.717) is 24.0 Å². The summed E-state index contributed by atoms with van der Waals surface area (Å²) in [6.07, 6.45) is 11.7. The highest BCUT2D eigenvalue weighted by Crippen LogP contribution is 2.31. The lowest BCUT2D eigenvalue weighted by atomic mass is 10.1. The van der Waals surface area contributed by atoms with Gasteiger partial charge in [0, 0.05) is 18.4 Å². The van der Waals surface area contributed by atoms with Crippen LogP contribution in [0, 0.1) is 11.8 Å². The minimum absolute atomic E-state index is 0.139. The summed E-state index contributed by atoms with van der Waals surface area (Å²) in [6, 6.07) is 5.47. The fraction of sp³-hybridized carbons (Fsp3) is 0.538. The van der Waals surface area contributed by atoms with Gasteiger partial charge in [0.05, 0.1) is 6.61 Å². The van der Waals surface area contributed by atoms with Crippen molar-refractivity contribution in [1.29, 1.82) is 0 Å². The lowest BCUT2D eigenvalue weighted by Crippen LogP contribution is -2.09. The van der Waals surface area contributed by atoms with Crippen LogP contribution in [-0.2, 0) is 25.7 Å². The first-order valence-electron chi connectivity index (χ1n) is 11.3. The van der Waals surface area contributed by atoms with Gasteiger partial charge in [-0.15, -0.1) is 0 Å². The van der Waals surface area contributed by atoms with Crippen LogP contribution in [0.4, 0.5) is 0 Å². The highest BCUT2D eigenvalue weighted by atomic mass is 35.5. The summed E-state index contributed by atoms with van der Waals surface area (Å²) in [4.78, 5) is 21.7. The number of unbranched alkanes of at least 4 members (excludes halogenated alkanes) is 1. The molecule has 0 radical (unpaired) electrons. The van der Waals surface area contributed by atoms with Crippen LogP contribution in [0.5, 0.6) is 5.75 Å². The smallest absolute Gasteiger partial charge is 0.306 e. The Morgan fingerprint density at radius 3 is 2.62 bits per heavy atom. The van der Waals surface area contributed by atoms with Crippen molar-refractivity contribution >= 4 is 23.5 Å². The number of carbonyl (C=O) groups excluding carboxylic acids is 2. The third kappa shape index (κ3) is 13.2. The van der Waals surface area contributed by atoms with Crippen molar-refractivity contribution in [3.05, 3.63) is 53.6 Å². The third-order valence-electron chi connectivity index (χ3n) is 5.01. The minimum Gasteiger partial charge on any atom is -0.493 e. The molecule has 5 nitrogen and oxygen atoms in total. The van der Waals surface area contributed by atoms with Gasteiger partial charge < -0.3 is 14.2 Å². The molecule has 1 aromatic rings. The molecule has 178 valence electrons. The van der Waals surface area contributed by atoms with E-state index in [-0.39, 0.29) is 18.5 Å². The summed E-state index contributed by atoms with van der Waals surface area (Å²) < 4.78 is 15.6. The first kappa shape index (κ1) is 27.8. The molecule has 0 saturated heterocycles. The topological polar surface area (TPSA) is 61.8 Å². The highest BCUT2D eigenvalue weighted by molar-refractivity contribution is 6.30. The normalized spacial score (nSPS) is 17.4. The molecule has 0 bridgehead atoms. The lowest BCUT2D eigenvalue weighted by Gasteiger charge is -2.13. The van der Waals surface area contributed by atoms with E-state index in [1.807, 2.05) is 25.1 Å². The standard InChI is InChI=1S/C16H21ClO3.C10H16O2/c1-11-3-4-13(5-11)9-20-16-7-14(6-15(17)8-16)10-19-12(2)18;1-3-5-6-7-8-10(11)12-9-4-2/h6-8,11,13H,3-5,9-10H2,1-2H3;3-5H,2,6-9H2,1H3/b;5-3-. The molecule has 2 rings (SSSR count). The molecule has 2 unspecified atom stereocenters. The fourth-order valence-electron chi connectivity index (χ4n) is 3.42. The van der Waals surface area contributed by atoms with E-state index in [9.17, 15) is 9.59 Å². The maximum absolute atomic E-state index is 10.9. The van der Waals surface area contributed by atoms with Gasteiger partial charge in [-0.25, -0.2) is 0 Å². The number of carbonyl (C=O) groups is 2. The molecule has 1 aromatic carbocycles. The van der Waals surface area contributed by atoms with E-state index in [1.54, 1.807) is 18.2 Å². The number of hydrogen-bond donors (Lipinski definition) is 0. The van der Waals surface area contributed by atoms with E-state index in [2.05, 4.69) is 13.5 Å². The molecule has 1 saturated carbocycles. The molecule has 2 atom stereocenters. The number of halogens is 1. The van der Waals surface area contributed by atoms with E-state index in [1.165, 1.54) is 26.2 Å².